The third-order valence-corrected chi connectivity index (χ3v) is 7.04. The topological polar surface area (TPSA) is 48.5 Å². The third kappa shape index (κ3) is 4.87. The minimum absolute atomic E-state index is 0.209. The SMILES string of the molecule is C=C(c1cncs1)C1C/C=C(C=O)\C(C)=C(\C(=C)N2CCC(N(C)C)CC2)NC1. The Kier molecular flexibility index (Phi) is 7.09. The largest absolute Gasteiger partial charge is 0.383 e. The van der Waals surface area contributed by atoms with Crippen molar-refractivity contribution in [3.63, 3.8) is 0 Å². The Bertz CT molecular complexity index is 814. The maximum absolute atomic E-state index is 11.8. The van der Waals surface area contributed by atoms with Crippen LogP contribution in [0, 0.1) is 5.92 Å². The molecule has 1 fully saturated rings. The van der Waals surface area contributed by atoms with Crippen LogP contribution in [0.4, 0.5) is 0 Å². The fraction of sp³-hybridized carbons (Fsp3) is 0.478. The first-order valence-electron chi connectivity index (χ1n) is 10.2. The summed E-state index contributed by atoms with van der Waals surface area (Å²) in [7, 11) is 4.30. The summed E-state index contributed by atoms with van der Waals surface area (Å²) in [5.41, 5.74) is 6.57. The van der Waals surface area contributed by atoms with Gasteiger partial charge in [0.1, 0.15) is 6.29 Å². The average Bonchev–Trinajstić information content (AvgIpc) is 3.25. The summed E-state index contributed by atoms with van der Waals surface area (Å²) in [5.74, 6) is 0.209. The Morgan fingerprint density at radius 2 is 2.07 bits per heavy atom. The Balaban J connectivity index is 1.78. The van der Waals surface area contributed by atoms with E-state index in [1.165, 1.54) is 0 Å². The minimum atomic E-state index is 0.209. The number of carbonyl (C=O) groups excluding carboxylic acids is 1. The molecule has 0 aliphatic carbocycles. The minimum Gasteiger partial charge on any atom is -0.383 e. The highest BCUT2D eigenvalue weighted by atomic mass is 32.1. The van der Waals surface area contributed by atoms with E-state index < -0.39 is 0 Å². The molecule has 1 unspecified atom stereocenters. The van der Waals surface area contributed by atoms with Crippen molar-refractivity contribution in [2.45, 2.75) is 32.2 Å². The molecule has 5 nitrogen and oxygen atoms in total. The van der Waals surface area contributed by atoms with Crippen LogP contribution >= 0.6 is 11.3 Å². The molecular weight excluding hydrogens is 380 g/mol. The number of allylic oxidation sites excluding steroid dienone is 3. The molecule has 1 N–H and O–H groups in total. The first-order valence-corrected chi connectivity index (χ1v) is 11.1. The van der Waals surface area contributed by atoms with Gasteiger partial charge in [-0.25, -0.2) is 0 Å². The van der Waals surface area contributed by atoms with Crippen LogP contribution in [0.3, 0.4) is 0 Å². The lowest BCUT2D eigenvalue weighted by Gasteiger charge is -2.38. The molecule has 1 aromatic rings. The van der Waals surface area contributed by atoms with Gasteiger partial charge in [0.15, 0.2) is 0 Å². The number of hydrogen-bond acceptors (Lipinski definition) is 6. The number of aldehydes is 1. The van der Waals surface area contributed by atoms with E-state index in [9.17, 15) is 4.79 Å². The van der Waals surface area contributed by atoms with Gasteiger partial charge in [0.2, 0.25) is 0 Å². The van der Waals surface area contributed by atoms with Crippen molar-refractivity contribution in [3.8, 4) is 0 Å². The molecular formula is C23H32N4OS. The maximum atomic E-state index is 11.8. The van der Waals surface area contributed by atoms with Crippen LogP contribution in [0.2, 0.25) is 0 Å². The highest BCUT2D eigenvalue weighted by molar-refractivity contribution is 7.10. The van der Waals surface area contributed by atoms with E-state index in [0.29, 0.717) is 6.04 Å². The second-order valence-electron chi connectivity index (χ2n) is 8.11. The molecule has 156 valence electrons. The quantitative estimate of drug-likeness (QED) is 0.722. The monoisotopic (exact) mass is 412 g/mol. The number of rotatable bonds is 6. The summed E-state index contributed by atoms with van der Waals surface area (Å²) in [6.07, 6.45) is 7.90. The number of likely N-dealkylation sites (tertiary alicyclic amines) is 1. The van der Waals surface area contributed by atoms with Crippen molar-refractivity contribution in [1.82, 2.24) is 20.1 Å². The van der Waals surface area contributed by atoms with Crippen LogP contribution in [-0.4, -0.2) is 60.8 Å². The molecule has 0 saturated carbocycles. The van der Waals surface area contributed by atoms with Gasteiger partial charge >= 0.3 is 0 Å². The maximum Gasteiger partial charge on any atom is 0.150 e. The molecule has 6 heteroatoms. The molecule has 1 atom stereocenters. The van der Waals surface area contributed by atoms with Crippen LogP contribution < -0.4 is 5.32 Å². The first kappa shape index (κ1) is 21.5. The van der Waals surface area contributed by atoms with Crippen LogP contribution in [0.5, 0.6) is 0 Å². The van der Waals surface area contributed by atoms with Gasteiger partial charge in [-0.05, 0) is 51.4 Å². The summed E-state index contributed by atoms with van der Waals surface area (Å²) in [6, 6.07) is 0.622. The van der Waals surface area contributed by atoms with Gasteiger partial charge in [0.05, 0.1) is 16.9 Å². The van der Waals surface area contributed by atoms with E-state index in [-0.39, 0.29) is 5.92 Å². The lowest BCUT2D eigenvalue weighted by Crippen LogP contribution is -2.42. The molecule has 0 amide bonds. The summed E-state index contributed by atoms with van der Waals surface area (Å²) in [5, 5.41) is 3.61. The second kappa shape index (κ2) is 9.55. The Morgan fingerprint density at radius 1 is 1.34 bits per heavy atom. The van der Waals surface area contributed by atoms with E-state index in [0.717, 1.165) is 78.2 Å². The number of hydrogen-bond donors (Lipinski definition) is 1. The summed E-state index contributed by atoms with van der Waals surface area (Å²) >= 11 is 1.61. The number of piperidine rings is 1. The highest BCUT2D eigenvalue weighted by Gasteiger charge is 2.25. The number of nitrogens with zero attached hydrogens (tertiary/aromatic N) is 3. The lowest BCUT2D eigenvalue weighted by atomic mass is 9.91. The number of carbonyl (C=O) groups is 1. The molecule has 1 saturated heterocycles. The summed E-state index contributed by atoms with van der Waals surface area (Å²) < 4.78 is 0. The van der Waals surface area contributed by atoms with E-state index in [2.05, 4.69) is 47.4 Å². The third-order valence-electron chi connectivity index (χ3n) is 6.19. The summed E-state index contributed by atoms with van der Waals surface area (Å²) in [6.45, 7) is 13.5. The number of aromatic nitrogens is 1. The van der Waals surface area contributed by atoms with E-state index in [4.69, 9.17) is 0 Å². The van der Waals surface area contributed by atoms with Gasteiger partial charge in [0.25, 0.3) is 0 Å². The van der Waals surface area contributed by atoms with E-state index in [1.807, 2.05) is 24.7 Å². The summed E-state index contributed by atoms with van der Waals surface area (Å²) in [4.78, 5) is 21.7. The molecule has 29 heavy (non-hydrogen) atoms. The van der Waals surface area contributed by atoms with Crippen LogP contribution in [0.25, 0.3) is 5.57 Å². The zero-order chi connectivity index (χ0) is 21.0. The molecule has 3 rings (SSSR count). The molecule has 1 aromatic heterocycles. The first-order chi connectivity index (χ1) is 13.9. The molecule has 0 aromatic carbocycles. The second-order valence-corrected chi connectivity index (χ2v) is 9.00. The fourth-order valence-corrected chi connectivity index (χ4v) is 4.79. The molecule has 2 aliphatic heterocycles. The molecule has 3 heterocycles. The van der Waals surface area contributed by atoms with Crippen LogP contribution in [0.1, 0.15) is 31.1 Å². The van der Waals surface area contributed by atoms with Crippen molar-refractivity contribution >= 4 is 23.2 Å². The average molecular weight is 413 g/mol. The van der Waals surface area contributed by atoms with Gasteiger partial charge in [-0.1, -0.05) is 19.2 Å². The van der Waals surface area contributed by atoms with Gasteiger partial charge in [-0.3, -0.25) is 9.78 Å². The van der Waals surface area contributed by atoms with Crippen molar-refractivity contribution in [3.05, 3.63) is 58.4 Å². The van der Waals surface area contributed by atoms with Gasteiger partial charge < -0.3 is 15.1 Å². The van der Waals surface area contributed by atoms with Gasteiger partial charge in [0, 0.05) is 48.2 Å². The number of thiazole rings is 1. The van der Waals surface area contributed by atoms with E-state index >= 15 is 0 Å². The van der Waals surface area contributed by atoms with E-state index in [1.54, 1.807) is 11.3 Å². The van der Waals surface area contributed by atoms with Crippen molar-refractivity contribution in [2.75, 3.05) is 33.7 Å². The normalized spacial score (nSPS) is 25.6. The smallest absolute Gasteiger partial charge is 0.150 e. The lowest BCUT2D eigenvalue weighted by molar-refractivity contribution is -0.104. The zero-order valence-electron chi connectivity index (χ0n) is 17.8. The molecule has 2 aliphatic rings. The van der Waals surface area contributed by atoms with Crippen LogP contribution in [0.15, 0.2) is 53.5 Å². The van der Waals surface area contributed by atoms with Crippen molar-refractivity contribution in [1.29, 1.82) is 0 Å². The molecule has 0 bridgehead atoms. The predicted octanol–water partition coefficient (Wildman–Crippen LogP) is 3.70. The Labute approximate surface area is 178 Å². The van der Waals surface area contributed by atoms with Crippen molar-refractivity contribution in [2.24, 2.45) is 5.92 Å². The predicted molar refractivity (Wildman–Crippen MR) is 122 cm³/mol. The van der Waals surface area contributed by atoms with Gasteiger partial charge in [-0.15, -0.1) is 11.3 Å². The molecule has 0 radical (unpaired) electrons. The van der Waals surface area contributed by atoms with Crippen molar-refractivity contribution < 1.29 is 4.79 Å². The zero-order valence-corrected chi connectivity index (χ0v) is 18.6. The van der Waals surface area contributed by atoms with Crippen LogP contribution in [-0.2, 0) is 4.79 Å². The molecule has 0 spiro atoms. The Hall–Kier alpha value is -2.18. The Morgan fingerprint density at radius 3 is 2.66 bits per heavy atom. The van der Waals surface area contributed by atoms with Gasteiger partial charge in [-0.2, -0.15) is 0 Å². The highest BCUT2D eigenvalue weighted by Crippen LogP contribution is 2.31. The fourth-order valence-electron chi connectivity index (χ4n) is 4.11. The number of nitrogens with one attached hydrogen (secondary N) is 1. The standard InChI is InChI=1S/C23H32N4OS/c1-16(22-13-24-15-29-22)19-6-7-20(14-28)17(2)23(25-12-19)18(3)27-10-8-21(9-11-27)26(4)5/h7,13-15,19,21,25H,1,3,6,8-12H2,2,4-5H3/b20-7-,23-17-.